The van der Waals surface area contributed by atoms with Crippen LogP contribution < -0.4 is 10.1 Å². The number of carbonyl (C=O) groups is 1. The fourth-order valence-electron chi connectivity index (χ4n) is 2.45. The largest absolute Gasteiger partial charge is 0.494 e. The van der Waals surface area contributed by atoms with Crippen LogP contribution in [-0.4, -0.2) is 28.0 Å². The van der Waals surface area contributed by atoms with Crippen molar-refractivity contribution in [1.29, 1.82) is 0 Å². The van der Waals surface area contributed by atoms with E-state index in [1.165, 1.54) is 11.8 Å². The third kappa shape index (κ3) is 5.13. The predicted molar refractivity (Wildman–Crippen MR) is 105 cm³/mol. The molecule has 1 amide bonds. The number of rotatable bonds is 8. The van der Waals surface area contributed by atoms with Crippen LogP contribution in [0.25, 0.3) is 0 Å². The molecule has 2 aromatic carbocycles. The normalized spacial score (nSPS) is 10.5. The van der Waals surface area contributed by atoms with Crippen LogP contribution in [0.15, 0.2) is 71.8 Å². The van der Waals surface area contributed by atoms with E-state index in [2.05, 4.69) is 10.4 Å². The number of ether oxygens (including phenoxy) is 1. The summed E-state index contributed by atoms with van der Waals surface area (Å²) in [5.41, 5.74) is 1.13. The van der Waals surface area contributed by atoms with Crippen LogP contribution in [-0.2, 0) is 11.3 Å². The van der Waals surface area contributed by atoms with Gasteiger partial charge in [-0.1, -0.05) is 30.3 Å². The Morgan fingerprint density at radius 2 is 1.88 bits per heavy atom. The quantitative estimate of drug-likeness (QED) is 0.610. The predicted octanol–water partition coefficient (Wildman–Crippen LogP) is 4.06. The van der Waals surface area contributed by atoms with Crippen molar-refractivity contribution in [2.45, 2.75) is 18.4 Å². The summed E-state index contributed by atoms with van der Waals surface area (Å²) in [6.45, 7) is 3.22. The van der Waals surface area contributed by atoms with E-state index in [0.717, 1.165) is 16.2 Å². The first-order valence-electron chi connectivity index (χ1n) is 8.46. The summed E-state index contributed by atoms with van der Waals surface area (Å²) in [5.74, 6) is 1.82. The van der Waals surface area contributed by atoms with Gasteiger partial charge in [0.25, 0.3) is 0 Å². The second-order valence-electron chi connectivity index (χ2n) is 5.60. The van der Waals surface area contributed by atoms with Gasteiger partial charge in [0.2, 0.25) is 5.91 Å². The molecule has 0 fully saturated rings. The molecule has 0 aliphatic rings. The first-order valence-corrected chi connectivity index (χ1v) is 9.44. The monoisotopic (exact) mass is 367 g/mol. The molecule has 3 aromatic rings. The number of nitrogens with zero attached hydrogens (tertiary/aromatic N) is 2. The lowest BCUT2D eigenvalue weighted by molar-refractivity contribution is -0.113. The fraction of sp³-hybridized carbons (Fsp3) is 0.200. The van der Waals surface area contributed by atoms with Gasteiger partial charge in [-0.2, -0.15) is 5.10 Å². The zero-order valence-corrected chi connectivity index (χ0v) is 15.4. The Hall–Kier alpha value is -2.73. The molecule has 0 bridgehead atoms. The van der Waals surface area contributed by atoms with E-state index >= 15 is 0 Å². The zero-order chi connectivity index (χ0) is 18.2. The average molecular weight is 367 g/mol. The number of aromatic nitrogens is 2. The molecule has 0 unspecified atom stereocenters. The summed E-state index contributed by atoms with van der Waals surface area (Å²) in [7, 11) is 0. The lowest BCUT2D eigenvalue weighted by Crippen LogP contribution is -2.17. The van der Waals surface area contributed by atoms with Crippen LogP contribution in [0.3, 0.4) is 0 Å². The van der Waals surface area contributed by atoms with Crippen LogP contribution in [0.5, 0.6) is 5.75 Å². The number of thioether (sulfide) groups is 1. The minimum absolute atomic E-state index is 0.0568. The van der Waals surface area contributed by atoms with Gasteiger partial charge >= 0.3 is 0 Å². The van der Waals surface area contributed by atoms with Crippen molar-refractivity contribution in [2.24, 2.45) is 0 Å². The minimum atomic E-state index is -0.0568. The Morgan fingerprint density at radius 1 is 1.12 bits per heavy atom. The molecule has 0 aliphatic heterocycles. The van der Waals surface area contributed by atoms with E-state index in [1.807, 2.05) is 67.6 Å². The maximum absolute atomic E-state index is 12.3. The summed E-state index contributed by atoms with van der Waals surface area (Å²) in [5, 5.41) is 7.22. The minimum Gasteiger partial charge on any atom is -0.494 e. The molecule has 0 spiro atoms. The zero-order valence-electron chi connectivity index (χ0n) is 14.6. The Labute approximate surface area is 157 Å². The fourth-order valence-corrected chi connectivity index (χ4v) is 3.15. The summed E-state index contributed by atoms with van der Waals surface area (Å²) in [6, 6.07) is 19.6. The van der Waals surface area contributed by atoms with E-state index in [-0.39, 0.29) is 5.91 Å². The molecule has 3 rings (SSSR count). The van der Waals surface area contributed by atoms with Crippen molar-refractivity contribution >= 4 is 23.5 Å². The molecule has 0 aliphatic carbocycles. The van der Waals surface area contributed by atoms with Gasteiger partial charge in [0, 0.05) is 11.0 Å². The molecule has 6 heteroatoms. The Morgan fingerprint density at radius 3 is 2.62 bits per heavy atom. The molecule has 1 N–H and O–H groups in total. The van der Waals surface area contributed by atoms with Crippen LogP contribution in [0.1, 0.15) is 12.5 Å². The second-order valence-corrected chi connectivity index (χ2v) is 6.65. The molecule has 5 nitrogen and oxygen atoms in total. The first kappa shape index (κ1) is 18.1. The van der Waals surface area contributed by atoms with E-state index in [1.54, 1.807) is 10.9 Å². The van der Waals surface area contributed by atoms with Crippen molar-refractivity contribution in [3.8, 4) is 5.75 Å². The smallest absolute Gasteiger partial charge is 0.235 e. The SMILES string of the molecule is CCOc1ccc(SCC(=O)Nc2ccnn2Cc2ccccc2)cc1. The van der Waals surface area contributed by atoms with E-state index in [0.29, 0.717) is 24.7 Å². The third-order valence-corrected chi connectivity index (χ3v) is 4.68. The molecule has 0 saturated heterocycles. The number of hydrogen-bond donors (Lipinski definition) is 1. The lowest BCUT2D eigenvalue weighted by atomic mass is 10.2. The van der Waals surface area contributed by atoms with Gasteiger partial charge in [-0.05, 0) is 36.8 Å². The summed E-state index contributed by atoms with van der Waals surface area (Å²) in [6.07, 6.45) is 1.69. The van der Waals surface area contributed by atoms with Gasteiger partial charge in [-0.25, -0.2) is 4.68 Å². The van der Waals surface area contributed by atoms with Crippen LogP contribution in [0.4, 0.5) is 5.82 Å². The van der Waals surface area contributed by atoms with Gasteiger partial charge in [-0.3, -0.25) is 4.79 Å². The van der Waals surface area contributed by atoms with Crippen LogP contribution >= 0.6 is 11.8 Å². The highest BCUT2D eigenvalue weighted by Gasteiger charge is 2.08. The van der Waals surface area contributed by atoms with Crippen LogP contribution in [0.2, 0.25) is 0 Å². The van der Waals surface area contributed by atoms with Crippen molar-refractivity contribution in [2.75, 3.05) is 17.7 Å². The van der Waals surface area contributed by atoms with Gasteiger partial charge in [0.15, 0.2) is 0 Å². The molecule has 0 radical (unpaired) electrons. The Balaban J connectivity index is 1.53. The van der Waals surface area contributed by atoms with Crippen LogP contribution in [0, 0.1) is 0 Å². The Bertz CT molecular complexity index is 832. The highest BCUT2D eigenvalue weighted by atomic mass is 32.2. The van der Waals surface area contributed by atoms with Crippen molar-refractivity contribution in [3.63, 3.8) is 0 Å². The molecule has 26 heavy (non-hydrogen) atoms. The van der Waals surface area contributed by atoms with E-state index < -0.39 is 0 Å². The molecule has 0 saturated carbocycles. The molecule has 1 aromatic heterocycles. The molecule has 1 heterocycles. The van der Waals surface area contributed by atoms with E-state index in [9.17, 15) is 4.79 Å². The van der Waals surface area contributed by atoms with Crippen molar-refractivity contribution < 1.29 is 9.53 Å². The van der Waals surface area contributed by atoms with E-state index in [4.69, 9.17) is 4.74 Å². The molecule has 0 atom stereocenters. The highest BCUT2D eigenvalue weighted by molar-refractivity contribution is 8.00. The van der Waals surface area contributed by atoms with Gasteiger partial charge < -0.3 is 10.1 Å². The average Bonchev–Trinajstić information content (AvgIpc) is 3.09. The standard InChI is InChI=1S/C20H21N3O2S/c1-2-25-17-8-10-18(11-9-17)26-15-20(24)22-19-12-13-21-23(19)14-16-6-4-3-5-7-16/h3-13H,2,14-15H2,1H3,(H,22,24). The van der Waals surface area contributed by atoms with Crippen molar-refractivity contribution in [3.05, 3.63) is 72.4 Å². The molecular weight excluding hydrogens is 346 g/mol. The summed E-state index contributed by atoms with van der Waals surface area (Å²) < 4.78 is 7.21. The summed E-state index contributed by atoms with van der Waals surface area (Å²) in [4.78, 5) is 13.3. The maximum Gasteiger partial charge on any atom is 0.235 e. The first-order chi connectivity index (χ1) is 12.7. The lowest BCUT2D eigenvalue weighted by Gasteiger charge is -2.09. The van der Waals surface area contributed by atoms with Gasteiger partial charge in [-0.15, -0.1) is 11.8 Å². The number of benzene rings is 2. The number of amides is 1. The topological polar surface area (TPSA) is 56.1 Å². The maximum atomic E-state index is 12.3. The Kier molecular flexibility index (Phi) is 6.33. The van der Waals surface area contributed by atoms with Crippen molar-refractivity contribution in [1.82, 2.24) is 9.78 Å². The third-order valence-electron chi connectivity index (χ3n) is 3.66. The number of carbonyl (C=O) groups excluding carboxylic acids is 1. The van der Waals surface area contributed by atoms with Gasteiger partial charge in [0.05, 0.1) is 25.1 Å². The molecule has 134 valence electrons. The number of hydrogen-bond acceptors (Lipinski definition) is 4. The number of nitrogens with one attached hydrogen (secondary N) is 1. The molecular formula is C20H21N3O2S. The second kappa shape index (κ2) is 9.10. The highest BCUT2D eigenvalue weighted by Crippen LogP contribution is 2.21. The summed E-state index contributed by atoms with van der Waals surface area (Å²) >= 11 is 1.49. The van der Waals surface area contributed by atoms with Gasteiger partial charge in [0.1, 0.15) is 11.6 Å². The number of anilines is 1.